The lowest BCUT2D eigenvalue weighted by molar-refractivity contribution is -0.145. The lowest BCUT2D eigenvalue weighted by Crippen LogP contribution is -2.45. The molecule has 8 nitrogen and oxygen atoms in total. The van der Waals surface area contributed by atoms with E-state index in [2.05, 4.69) is 5.32 Å². The summed E-state index contributed by atoms with van der Waals surface area (Å²) in [7, 11) is 0. The highest BCUT2D eigenvalue weighted by molar-refractivity contribution is 5.86. The molecule has 0 saturated carbocycles. The Morgan fingerprint density at radius 3 is 2.47 bits per heavy atom. The molecular weight excluding hydrogens is 256 g/mol. The number of hydrogen-bond donors (Lipinski definition) is 4. The van der Waals surface area contributed by atoms with Gasteiger partial charge in [-0.05, 0) is 19.3 Å². The maximum absolute atomic E-state index is 11.8. The van der Waals surface area contributed by atoms with Crippen molar-refractivity contribution in [1.29, 1.82) is 0 Å². The van der Waals surface area contributed by atoms with Crippen LogP contribution in [0.3, 0.4) is 0 Å². The Bertz CT molecular complexity index is 359. The predicted octanol–water partition coefficient (Wildman–Crippen LogP) is -1.07. The Morgan fingerprint density at radius 1 is 1.32 bits per heavy atom. The molecule has 0 bridgehead atoms. The fraction of sp³-hybridized carbons (Fsp3) is 0.727. The van der Waals surface area contributed by atoms with Crippen molar-refractivity contribution in [3.8, 4) is 0 Å². The van der Waals surface area contributed by atoms with E-state index in [1.807, 2.05) is 0 Å². The standard InChI is InChI=1S/C11H18N2O6/c12-5-6-1-3-8(19-6)10(16)13-7(11(17)18)2-4-9(14)15/h6-8H,1-5,12H2,(H,13,16)(H,14,15)(H,17,18). The van der Waals surface area contributed by atoms with Crippen LogP contribution in [-0.4, -0.2) is 52.9 Å². The predicted molar refractivity (Wildman–Crippen MR) is 63.4 cm³/mol. The van der Waals surface area contributed by atoms with Gasteiger partial charge >= 0.3 is 11.9 Å². The fourth-order valence-electron chi connectivity index (χ4n) is 1.86. The molecule has 3 atom stereocenters. The zero-order valence-corrected chi connectivity index (χ0v) is 10.4. The van der Waals surface area contributed by atoms with E-state index in [9.17, 15) is 14.4 Å². The molecule has 0 aromatic carbocycles. The van der Waals surface area contributed by atoms with Crippen molar-refractivity contribution in [3.05, 3.63) is 0 Å². The van der Waals surface area contributed by atoms with E-state index in [1.54, 1.807) is 0 Å². The second-order valence-corrected chi connectivity index (χ2v) is 4.39. The molecule has 19 heavy (non-hydrogen) atoms. The van der Waals surface area contributed by atoms with Crippen LogP contribution in [0.4, 0.5) is 0 Å². The Hall–Kier alpha value is -1.67. The highest BCUT2D eigenvalue weighted by Gasteiger charge is 2.32. The van der Waals surface area contributed by atoms with Crippen LogP contribution < -0.4 is 11.1 Å². The van der Waals surface area contributed by atoms with Crippen molar-refractivity contribution < 1.29 is 29.3 Å². The number of rotatable bonds is 7. The molecule has 1 fully saturated rings. The summed E-state index contributed by atoms with van der Waals surface area (Å²) in [5.74, 6) is -2.91. The molecule has 1 aliphatic heterocycles. The Morgan fingerprint density at radius 2 is 2.00 bits per heavy atom. The quantitative estimate of drug-likeness (QED) is 0.463. The molecule has 0 aliphatic carbocycles. The van der Waals surface area contributed by atoms with E-state index in [-0.39, 0.29) is 18.9 Å². The number of carbonyl (C=O) groups excluding carboxylic acids is 1. The molecule has 1 saturated heterocycles. The number of nitrogens with one attached hydrogen (secondary N) is 1. The first-order valence-electron chi connectivity index (χ1n) is 6.04. The van der Waals surface area contributed by atoms with Gasteiger partial charge in [0, 0.05) is 13.0 Å². The molecule has 0 spiro atoms. The van der Waals surface area contributed by atoms with Crippen molar-refractivity contribution in [2.75, 3.05) is 6.54 Å². The van der Waals surface area contributed by atoms with E-state index in [1.165, 1.54) is 0 Å². The van der Waals surface area contributed by atoms with Gasteiger partial charge in [-0.15, -0.1) is 0 Å². The number of hydrogen-bond acceptors (Lipinski definition) is 5. The van der Waals surface area contributed by atoms with Crippen LogP contribution in [0.2, 0.25) is 0 Å². The third kappa shape index (κ3) is 4.84. The molecule has 0 aromatic heterocycles. The maximum Gasteiger partial charge on any atom is 0.326 e. The van der Waals surface area contributed by atoms with Gasteiger partial charge < -0.3 is 26.0 Å². The fourth-order valence-corrected chi connectivity index (χ4v) is 1.86. The lowest BCUT2D eigenvalue weighted by atomic mass is 10.1. The molecule has 0 radical (unpaired) electrons. The van der Waals surface area contributed by atoms with Crippen molar-refractivity contribution >= 4 is 17.8 Å². The molecule has 108 valence electrons. The Labute approximate surface area is 109 Å². The number of carboxylic acids is 2. The van der Waals surface area contributed by atoms with Crippen LogP contribution in [0.1, 0.15) is 25.7 Å². The second kappa shape index (κ2) is 7.05. The summed E-state index contributed by atoms with van der Waals surface area (Å²) in [6, 6.07) is -1.22. The highest BCUT2D eigenvalue weighted by atomic mass is 16.5. The van der Waals surface area contributed by atoms with Gasteiger partial charge in [-0.1, -0.05) is 0 Å². The average Bonchev–Trinajstić information content (AvgIpc) is 2.82. The first kappa shape index (κ1) is 15.4. The van der Waals surface area contributed by atoms with Gasteiger partial charge in [0.15, 0.2) is 0 Å². The van der Waals surface area contributed by atoms with Gasteiger partial charge in [0.05, 0.1) is 6.10 Å². The summed E-state index contributed by atoms with van der Waals surface area (Å²) in [6.45, 7) is 0.311. The van der Waals surface area contributed by atoms with E-state index < -0.39 is 30.0 Å². The third-order valence-corrected chi connectivity index (χ3v) is 2.92. The van der Waals surface area contributed by atoms with Crippen molar-refractivity contribution in [2.24, 2.45) is 5.73 Å². The number of aliphatic carboxylic acids is 2. The molecule has 1 amide bonds. The van der Waals surface area contributed by atoms with E-state index >= 15 is 0 Å². The van der Waals surface area contributed by atoms with Gasteiger partial charge in [0.25, 0.3) is 0 Å². The average molecular weight is 274 g/mol. The van der Waals surface area contributed by atoms with E-state index in [0.29, 0.717) is 19.4 Å². The molecule has 1 aliphatic rings. The minimum atomic E-state index is -1.26. The number of amides is 1. The summed E-state index contributed by atoms with van der Waals surface area (Å²) < 4.78 is 5.33. The number of carbonyl (C=O) groups is 3. The first-order chi connectivity index (χ1) is 8.93. The van der Waals surface area contributed by atoms with Crippen molar-refractivity contribution in [3.63, 3.8) is 0 Å². The van der Waals surface area contributed by atoms with Gasteiger partial charge in [0.1, 0.15) is 12.1 Å². The summed E-state index contributed by atoms with van der Waals surface area (Å²) in [6.07, 6.45) is -0.240. The minimum Gasteiger partial charge on any atom is -0.481 e. The summed E-state index contributed by atoms with van der Waals surface area (Å²) in [4.78, 5) is 33.1. The Balaban J connectivity index is 2.47. The zero-order valence-electron chi connectivity index (χ0n) is 10.4. The second-order valence-electron chi connectivity index (χ2n) is 4.39. The Kier molecular flexibility index (Phi) is 5.71. The van der Waals surface area contributed by atoms with Crippen LogP contribution in [0.25, 0.3) is 0 Å². The topological polar surface area (TPSA) is 139 Å². The number of ether oxygens (including phenoxy) is 1. The van der Waals surface area contributed by atoms with Gasteiger partial charge in [-0.3, -0.25) is 9.59 Å². The van der Waals surface area contributed by atoms with Crippen LogP contribution in [0.5, 0.6) is 0 Å². The first-order valence-corrected chi connectivity index (χ1v) is 6.04. The number of carboxylic acid groups (broad SMARTS) is 2. The lowest BCUT2D eigenvalue weighted by Gasteiger charge is -2.17. The normalized spacial score (nSPS) is 23.8. The molecule has 1 rings (SSSR count). The third-order valence-electron chi connectivity index (χ3n) is 2.92. The molecule has 1 heterocycles. The van der Waals surface area contributed by atoms with Crippen LogP contribution in [0.15, 0.2) is 0 Å². The van der Waals surface area contributed by atoms with Gasteiger partial charge in [0.2, 0.25) is 5.91 Å². The zero-order chi connectivity index (χ0) is 14.4. The summed E-state index contributed by atoms with van der Waals surface area (Å²) >= 11 is 0. The molecular formula is C11H18N2O6. The smallest absolute Gasteiger partial charge is 0.326 e. The summed E-state index contributed by atoms with van der Waals surface area (Å²) in [5, 5.41) is 19.7. The largest absolute Gasteiger partial charge is 0.481 e. The summed E-state index contributed by atoms with van der Waals surface area (Å²) in [5.41, 5.74) is 5.41. The molecule has 3 unspecified atom stereocenters. The molecule has 8 heteroatoms. The monoisotopic (exact) mass is 274 g/mol. The van der Waals surface area contributed by atoms with E-state index in [4.69, 9.17) is 20.7 Å². The minimum absolute atomic E-state index is 0.163. The van der Waals surface area contributed by atoms with E-state index in [0.717, 1.165) is 0 Å². The van der Waals surface area contributed by atoms with Crippen molar-refractivity contribution in [2.45, 2.75) is 43.9 Å². The number of nitrogens with two attached hydrogens (primary N) is 1. The maximum atomic E-state index is 11.8. The van der Waals surface area contributed by atoms with Crippen LogP contribution in [0, 0.1) is 0 Å². The van der Waals surface area contributed by atoms with Gasteiger partial charge in [-0.25, -0.2) is 4.79 Å². The van der Waals surface area contributed by atoms with Crippen molar-refractivity contribution in [1.82, 2.24) is 5.32 Å². The van der Waals surface area contributed by atoms with Gasteiger partial charge in [-0.2, -0.15) is 0 Å². The van der Waals surface area contributed by atoms with Crippen LogP contribution >= 0.6 is 0 Å². The van der Waals surface area contributed by atoms with Crippen LogP contribution in [-0.2, 0) is 19.1 Å². The molecule has 5 N–H and O–H groups in total. The molecule has 0 aromatic rings. The SMILES string of the molecule is NCC1CCC(C(=O)NC(CCC(=O)O)C(=O)O)O1. The highest BCUT2D eigenvalue weighted by Crippen LogP contribution is 2.19.